The average Bonchev–Trinajstić information content (AvgIpc) is 2.98. The summed E-state index contributed by atoms with van der Waals surface area (Å²) in [5, 5.41) is 0.990. The molecular weight excluding hydrogens is 280 g/mol. The number of hydrogen-bond acceptors (Lipinski definition) is 4. The number of methoxy groups -OCH3 is 1. The minimum absolute atomic E-state index is 0.0579. The fourth-order valence-corrected chi connectivity index (χ4v) is 2.88. The van der Waals surface area contributed by atoms with Gasteiger partial charge in [0.25, 0.3) is 5.91 Å². The van der Waals surface area contributed by atoms with Gasteiger partial charge in [-0.2, -0.15) is 0 Å². The van der Waals surface area contributed by atoms with Crippen molar-refractivity contribution in [2.75, 3.05) is 46.4 Å². The van der Waals surface area contributed by atoms with Gasteiger partial charge in [-0.25, -0.2) is 0 Å². The predicted molar refractivity (Wildman–Crippen MR) is 86.2 cm³/mol. The Morgan fingerprint density at radius 3 is 2.73 bits per heavy atom. The molecule has 2 heterocycles. The maximum absolute atomic E-state index is 12.6. The fourth-order valence-electron chi connectivity index (χ4n) is 2.88. The molecule has 1 fully saturated rings. The molecule has 0 aliphatic carbocycles. The maximum atomic E-state index is 12.6. The first-order valence-corrected chi connectivity index (χ1v) is 7.59. The first-order valence-electron chi connectivity index (χ1n) is 7.59. The van der Waals surface area contributed by atoms with Crippen LogP contribution in [0.1, 0.15) is 10.5 Å². The summed E-state index contributed by atoms with van der Waals surface area (Å²) < 4.78 is 5.22. The Kier molecular flexibility index (Phi) is 4.31. The van der Waals surface area contributed by atoms with E-state index < -0.39 is 0 Å². The van der Waals surface area contributed by atoms with E-state index in [0.717, 1.165) is 49.4 Å². The number of nitrogens with one attached hydrogen (secondary N) is 1. The number of rotatable bonds is 4. The molecule has 0 bridgehead atoms. The Labute approximate surface area is 129 Å². The summed E-state index contributed by atoms with van der Waals surface area (Å²) in [6.07, 6.45) is 0. The third-order valence-corrected chi connectivity index (χ3v) is 4.16. The topological polar surface area (TPSA) is 74.6 Å². The fraction of sp³-hybridized carbons (Fsp3) is 0.438. The second-order valence-electron chi connectivity index (χ2n) is 5.56. The van der Waals surface area contributed by atoms with E-state index in [1.54, 1.807) is 7.11 Å². The molecule has 3 N–H and O–H groups in total. The molecule has 6 heteroatoms. The molecule has 3 rings (SSSR count). The molecule has 6 nitrogen and oxygen atoms in total. The second kappa shape index (κ2) is 6.37. The molecule has 1 saturated heterocycles. The molecule has 0 saturated carbocycles. The van der Waals surface area contributed by atoms with Gasteiger partial charge in [-0.15, -0.1) is 0 Å². The zero-order chi connectivity index (χ0) is 15.5. The van der Waals surface area contributed by atoms with Crippen molar-refractivity contribution in [3.05, 3.63) is 30.0 Å². The van der Waals surface area contributed by atoms with E-state index in [1.807, 2.05) is 29.2 Å². The van der Waals surface area contributed by atoms with E-state index in [2.05, 4.69) is 9.88 Å². The van der Waals surface area contributed by atoms with Crippen LogP contribution < -0.4 is 10.5 Å². The molecule has 22 heavy (non-hydrogen) atoms. The molecule has 2 aromatic rings. The van der Waals surface area contributed by atoms with Gasteiger partial charge in [0.05, 0.1) is 7.11 Å². The Bertz CT molecular complexity index is 659. The van der Waals surface area contributed by atoms with Gasteiger partial charge in [-0.1, -0.05) is 0 Å². The van der Waals surface area contributed by atoms with Crippen LogP contribution in [0.4, 0.5) is 0 Å². The van der Waals surface area contributed by atoms with Crippen LogP contribution in [0.15, 0.2) is 24.3 Å². The Balaban J connectivity index is 1.72. The first-order chi connectivity index (χ1) is 10.7. The van der Waals surface area contributed by atoms with Crippen molar-refractivity contribution in [2.24, 2.45) is 5.73 Å². The van der Waals surface area contributed by atoms with Gasteiger partial charge < -0.3 is 20.4 Å². The number of ether oxygens (including phenoxy) is 1. The number of nitrogens with zero attached hydrogens (tertiary/aromatic N) is 2. The van der Waals surface area contributed by atoms with Crippen molar-refractivity contribution in [2.45, 2.75) is 0 Å². The summed E-state index contributed by atoms with van der Waals surface area (Å²) in [6.45, 7) is 4.83. The number of carbonyl (C=O) groups excluding carboxylic acids is 1. The number of nitrogens with two attached hydrogens (primary N) is 1. The van der Waals surface area contributed by atoms with Crippen LogP contribution in [0, 0.1) is 0 Å². The highest BCUT2D eigenvalue weighted by atomic mass is 16.5. The van der Waals surface area contributed by atoms with E-state index in [-0.39, 0.29) is 5.91 Å². The van der Waals surface area contributed by atoms with Gasteiger partial charge in [0.2, 0.25) is 0 Å². The van der Waals surface area contributed by atoms with Gasteiger partial charge in [-0.3, -0.25) is 9.69 Å². The highest BCUT2D eigenvalue weighted by Gasteiger charge is 2.22. The lowest BCUT2D eigenvalue weighted by atomic mass is 10.2. The minimum atomic E-state index is 0.0579. The molecule has 118 valence electrons. The van der Waals surface area contributed by atoms with Gasteiger partial charge >= 0.3 is 0 Å². The van der Waals surface area contributed by atoms with Crippen molar-refractivity contribution in [1.82, 2.24) is 14.8 Å². The standard InChI is InChI=1S/C16H22N4O2/c1-22-13-2-3-14-12(10-13)11-15(18-14)16(21)20-8-6-19(5-4-17)7-9-20/h2-3,10-11,18H,4-9,17H2,1H3. The number of piperazine rings is 1. The zero-order valence-corrected chi connectivity index (χ0v) is 12.8. The van der Waals surface area contributed by atoms with E-state index in [1.165, 1.54) is 0 Å². The summed E-state index contributed by atoms with van der Waals surface area (Å²) in [6, 6.07) is 7.65. The van der Waals surface area contributed by atoms with Crippen LogP contribution in [0.5, 0.6) is 5.75 Å². The van der Waals surface area contributed by atoms with Crippen LogP contribution in [-0.4, -0.2) is 67.1 Å². The second-order valence-corrected chi connectivity index (χ2v) is 5.56. The normalized spacial score (nSPS) is 16.2. The zero-order valence-electron chi connectivity index (χ0n) is 12.8. The van der Waals surface area contributed by atoms with Crippen molar-refractivity contribution in [3.8, 4) is 5.75 Å². The number of aromatic amines is 1. The van der Waals surface area contributed by atoms with Gasteiger partial charge in [0.1, 0.15) is 11.4 Å². The smallest absolute Gasteiger partial charge is 0.270 e. The molecule has 1 amide bonds. The van der Waals surface area contributed by atoms with Crippen molar-refractivity contribution >= 4 is 16.8 Å². The van der Waals surface area contributed by atoms with Crippen molar-refractivity contribution < 1.29 is 9.53 Å². The Hall–Kier alpha value is -2.05. The lowest BCUT2D eigenvalue weighted by molar-refractivity contribution is 0.0636. The Morgan fingerprint density at radius 2 is 2.05 bits per heavy atom. The quantitative estimate of drug-likeness (QED) is 0.880. The number of amides is 1. The van der Waals surface area contributed by atoms with E-state index >= 15 is 0 Å². The highest BCUT2D eigenvalue weighted by Crippen LogP contribution is 2.22. The van der Waals surface area contributed by atoms with Gasteiger partial charge in [0, 0.05) is 50.2 Å². The molecule has 1 aliphatic heterocycles. The van der Waals surface area contributed by atoms with E-state index in [9.17, 15) is 4.79 Å². The molecule has 0 spiro atoms. The number of aromatic nitrogens is 1. The number of fused-ring (bicyclic) bond motifs is 1. The van der Waals surface area contributed by atoms with E-state index in [4.69, 9.17) is 10.5 Å². The monoisotopic (exact) mass is 302 g/mol. The molecule has 0 radical (unpaired) electrons. The number of H-pyrrole nitrogens is 1. The summed E-state index contributed by atoms with van der Waals surface area (Å²) in [7, 11) is 1.64. The predicted octanol–water partition coefficient (Wildman–Crippen LogP) is 0.893. The van der Waals surface area contributed by atoms with Crippen molar-refractivity contribution in [3.63, 3.8) is 0 Å². The van der Waals surface area contributed by atoms with Crippen LogP contribution in [-0.2, 0) is 0 Å². The van der Waals surface area contributed by atoms with Gasteiger partial charge in [-0.05, 0) is 24.3 Å². The van der Waals surface area contributed by atoms with Crippen LogP contribution in [0.25, 0.3) is 10.9 Å². The average molecular weight is 302 g/mol. The van der Waals surface area contributed by atoms with Crippen molar-refractivity contribution in [1.29, 1.82) is 0 Å². The molecule has 1 aliphatic rings. The molecule has 1 aromatic heterocycles. The summed E-state index contributed by atoms with van der Waals surface area (Å²) in [5.74, 6) is 0.850. The number of hydrogen-bond donors (Lipinski definition) is 2. The lowest BCUT2D eigenvalue weighted by Crippen LogP contribution is -2.49. The van der Waals surface area contributed by atoms with Gasteiger partial charge in [0.15, 0.2) is 0 Å². The summed E-state index contributed by atoms with van der Waals surface area (Å²) in [4.78, 5) is 20.0. The Morgan fingerprint density at radius 1 is 1.27 bits per heavy atom. The first kappa shape index (κ1) is 14.9. The van der Waals surface area contributed by atoms with Crippen LogP contribution in [0.2, 0.25) is 0 Å². The molecule has 0 unspecified atom stereocenters. The largest absolute Gasteiger partial charge is 0.497 e. The molecular formula is C16H22N4O2. The lowest BCUT2D eigenvalue weighted by Gasteiger charge is -2.34. The number of benzene rings is 1. The third kappa shape index (κ3) is 2.93. The maximum Gasteiger partial charge on any atom is 0.270 e. The summed E-state index contributed by atoms with van der Waals surface area (Å²) in [5.41, 5.74) is 7.16. The SMILES string of the molecule is COc1ccc2[nH]c(C(=O)N3CCN(CCN)CC3)cc2c1. The van der Waals surface area contributed by atoms with Crippen LogP contribution in [0.3, 0.4) is 0 Å². The summed E-state index contributed by atoms with van der Waals surface area (Å²) >= 11 is 0. The van der Waals surface area contributed by atoms with Crippen LogP contribution >= 0.6 is 0 Å². The minimum Gasteiger partial charge on any atom is -0.497 e. The highest BCUT2D eigenvalue weighted by molar-refractivity contribution is 5.98. The third-order valence-electron chi connectivity index (χ3n) is 4.16. The van der Waals surface area contributed by atoms with E-state index in [0.29, 0.717) is 12.2 Å². The number of carbonyl (C=O) groups is 1. The molecule has 0 atom stereocenters. The molecule has 1 aromatic carbocycles.